The molecule has 0 N–H and O–H groups in total. The first kappa shape index (κ1) is 26.2. The molecule has 4 rings (SSSR count). The van der Waals surface area contributed by atoms with Crippen molar-refractivity contribution in [1.29, 1.82) is 0 Å². The van der Waals surface area contributed by atoms with Gasteiger partial charge < -0.3 is 14.5 Å². The van der Waals surface area contributed by atoms with Crippen molar-refractivity contribution in [3.63, 3.8) is 0 Å². The smallest absolute Gasteiger partial charge is 0.410 e. The van der Waals surface area contributed by atoms with Crippen molar-refractivity contribution in [1.82, 2.24) is 29.2 Å². The second-order valence-corrected chi connectivity index (χ2v) is 11.1. The number of hydrogen-bond donors (Lipinski definition) is 0. The SMILES string of the molecule is Cc1cnn(C(C)C)c1-n1c(=O)nc(N2CCN(C(=O)OC(C)(C)C)C[C@@H]2C)c2cc(Cl)c(Cl)nc21. The third-order valence-corrected chi connectivity index (χ3v) is 6.63. The Bertz CT molecular complexity index is 1380. The van der Waals surface area contributed by atoms with Gasteiger partial charge in [-0.25, -0.2) is 23.8 Å². The highest BCUT2D eigenvalue weighted by Crippen LogP contribution is 2.32. The maximum Gasteiger partial charge on any atom is 0.410 e. The molecule has 0 radical (unpaired) electrons. The predicted octanol–water partition coefficient (Wildman–Crippen LogP) is 4.62. The van der Waals surface area contributed by atoms with Crippen LogP contribution in [0.1, 0.15) is 53.1 Å². The first-order valence-corrected chi connectivity index (χ1v) is 12.6. The van der Waals surface area contributed by atoms with Crippen molar-refractivity contribution in [3.8, 4) is 5.82 Å². The van der Waals surface area contributed by atoms with Crippen LogP contribution in [0.4, 0.5) is 10.6 Å². The summed E-state index contributed by atoms with van der Waals surface area (Å²) in [6.45, 7) is 14.6. The Morgan fingerprint density at radius 1 is 1.19 bits per heavy atom. The maximum atomic E-state index is 13.5. The second kappa shape index (κ2) is 9.55. The lowest BCUT2D eigenvalue weighted by Gasteiger charge is -2.41. The molecule has 12 heteroatoms. The summed E-state index contributed by atoms with van der Waals surface area (Å²) in [4.78, 5) is 38.8. The molecule has 4 heterocycles. The van der Waals surface area contributed by atoms with E-state index in [1.807, 2.05) is 53.4 Å². The molecule has 0 bridgehead atoms. The fourth-order valence-corrected chi connectivity index (χ4v) is 4.64. The summed E-state index contributed by atoms with van der Waals surface area (Å²) in [6.07, 6.45) is 1.34. The molecule has 3 aromatic heterocycles. The number of halogens is 2. The minimum Gasteiger partial charge on any atom is -0.444 e. The lowest BCUT2D eigenvalue weighted by atomic mass is 10.1. The molecule has 0 aliphatic carbocycles. The number of carbonyl (C=O) groups is 1. The van der Waals surface area contributed by atoms with Crippen LogP contribution in [0.3, 0.4) is 0 Å². The Morgan fingerprint density at radius 2 is 1.89 bits per heavy atom. The highest BCUT2D eigenvalue weighted by Gasteiger charge is 2.32. The number of aryl methyl sites for hydroxylation is 1. The normalized spacial score (nSPS) is 16.8. The van der Waals surface area contributed by atoms with Crippen molar-refractivity contribution in [2.75, 3.05) is 24.5 Å². The van der Waals surface area contributed by atoms with Crippen molar-refractivity contribution in [2.24, 2.45) is 0 Å². The molecular formula is C24H31Cl2N7O3. The number of anilines is 1. The summed E-state index contributed by atoms with van der Waals surface area (Å²) >= 11 is 12.7. The van der Waals surface area contributed by atoms with E-state index in [9.17, 15) is 9.59 Å². The summed E-state index contributed by atoms with van der Waals surface area (Å²) in [6, 6.07) is 1.54. The van der Waals surface area contributed by atoms with Gasteiger partial charge in [-0.3, -0.25) is 0 Å². The Morgan fingerprint density at radius 3 is 2.50 bits per heavy atom. The Balaban J connectivity index is 1.82. The fourth-order valence-electron chi connectivity index (χ4n) is 4.36. The average molecular weight is 536 g/mol. The predicted molar refractivity (Wildman–Crippen MR) is 141 cm³/mol. The Kier molecular flexibility index (Phi) is 6.96. The highest BCUT2D eigenvalue weighted by molar-refractivity contribution is 6.41. The van der Waals surface area contributed by atoms with Crippen LogP contribution in [0.5, 0.6) is 0 Å². The van der Waals surface area contributed by atoms with E-state index in [1.165, 1.54) is 4.57 Å². The molecule has 1 aliphatic rings. The average Bonchev–Trinajstić information content (AvgIpc) is 3.14. The number of nitrogens with zero attached hydrogens (tertiary/aromatic N) is 7. The molecule has 3 aromatic rings. The number of piperazine rings is 1. The van der Waals surface area contributed by atoms with Crippen molar-refractivity contribution in [2.45, 2.75) is 66.2 Å². The number of rotatable bonds is 3. The van der Waals surface area contributed by atoms with Crippen LogP contribution >= 0.6 is 23.2 Å². The number of fused-ring (bicyclic) bond motifs is 1. The van der Waals surface area contributed by atoms with Gasteiger partial charge in [0.25, 0.3) is 0 Å². The van der Waals surface area contributed by atoms with E-state index >= 15 is 0 Å². The van der Waals surface area contributed by atoms with Gasteiger partial charge in [-0.15, -0.1) is 0 Å². The second-order valence-electron chi connectivity index (χ2n) is 10.3. The molecule has 1 aliphatic heterocycles. The van der Waals surface area contributed by atoms with Crippen LogP contribution in [0.2, 0.25) is 10.2 Å². The van der Waals surface area contributed by atoms with Gasteiger partial charge in [0.2, 0.25) is 0 Å². The highest BCUT2D eigenvalue weighted by atomic mass is 35.5. The summed E-state index contributed by atoms with van der Waals surface area (Å²) in [7, 11) is 0. The van der Waals surface area contributed by atoms with Crippen molar-refractivity contribution < 1.29 is 9.53 Å². The zero-order valence-corrected chi connectivity index (χ0v) is 23.1. The fraction of sp³-hybridized carbons (Fsp3) is 0.542. The van der Waals surface area contributed by atoms with E-state index in [0.717, 1.165) is 5.56 Å². The van der Waals surface area contributed by atoms with Gasteiger partial charge in [-0.1, -0.05) is 23.2 Å². The standard InChI is InChI=1S/C24H31Cl2N7O3/c1-13(2)33-21(14(3)11-27-33)32-20-16(10-17(25)18(26)28-20)19(29-22(32)34)31-9-8-30(12-15(31)4)23(35)36-24(5,6)7/h10-11,13,15H,8-9,12H2,1-7H3/t15-/m0/s1. The van der Waals surface area contributed by atoms with Crippen LogP contribution < -0.4 is 10.6 Å². The van der Waals surface area contributed by atoms with Gasteiger partial charge >= 0.3 is 11.8 Å². The van der Waals surface area contributed by atoms with Gasteiger partial charge in [-0.05, 0) is 54.5 Å². The number of carbonyl (C=O) groups excluding carboxylic acids is 1. The molecule has 1 saturated heterocycles. The Labute approximate surface area is 219 Å². The van der Waals surface area contributed by atoms with Gasteiger partial charge in [0.15, 0.2) is 5.65 Å². The van der Waals surface area contributed by atoms with Crippen molar-refractivity contribution >= 4 is 46.1 Å². The molecular weight excluding hydrogens is 505 g/mol. The van der Waals surface area contributed by atoms with Crippen LogP contribution in [-0.2, 0) is 4.74 Å². The molecule has 1 fully saturated rings. The molecule has 10 nitrogen and oxygen atoms in total. The number of ether oxygens (including phenoxy) is 1. The number of pyridine rings is 1. The third-order valence-electron chi connectivity index (χ3n) is 5.96. The minimum absolute atomic E-state index is 0.000877. The minimum atomic E-state index is -0.581. The van der Waals surface area contributed by atoms with Crippen LogP contribution in [-0.4, -0.2) is 66.6 Å². The summed E-state index contributed by atoms with van der Waals surface area (Å²) in [5.74, 6) is 1.02. The molecule has 0 spiro atoms. The van der Waals surface area contributed by atoms with Crippen LogP contribution in [0, 0.1) is 6.92 Å². The lowest BCUT2D eigenvalue weighted by Crippen LogP contribution is -2.55. The molecule has 0 aromatic carbocycles. The summed E-state index contributed by atoms with van der Waals surface area (Å²) < 4.78 is 8.72. The van der Waals surface area contributed by atoms with Gasteiger partial charge in [0.1, 0.15) is 22.4 Å². The van der Waals surface area contributed by atoms with E-state index in [1.54, 1.807) is 21.8 Å². The Hall–Kier alpha value is -2.85. The number of hydrogen-bond acceptors (Lipinski definition) is 7. The molecule has 194 valence electrons. The first-order chi connectivity index (χ1) is 16.8. The van der Waals surface area contributed by atoms with E-state index in [4.69, 9.17) is 27.9 Å². The van der Waals surface area contributed by atoms with Crippen molar-refractivity contribution in [3.05, 3.63) is 38.5 Å². The molecule has 1 amide bonds. The maximum absolute atomic E-state index is 13.5. The molecule has 0 saturated carbocycles. The van der Waals surface area contributed by atoms with Gasteiger partial charge in [0, 0.05) is 37.3 Å². The topological polar surface area (TPSA) is 98.4 Å². The summed E-state index contributed by atoms with van der Waals surface area (Å²) in [5, 5.41) is 5.36. The molecule has 36 heavy (non-hydrogen) atoms. The monoisotopic (exact) mass is 535 g/mol. The zero-order chi connectivity index (χ0) is 26.5. The van der Waals surface area contributed by atoms with Crippen LogP contribution in [0.15, 0.2) is 17.1 Å². The summed E-state index contributed by atoms with van der Waals surface area (Å²) in [5.41, 5.74) is 0.0541. The van der Waals surface area contributed by atoms with E-state index < -0.39 is 11.3 Å². The quantitative estimate of drug-likeness (QED) is 0.451. The zero-order valence-electron chi connectivity index (χ0n) is 21.5. The van der Waals surface area contributed by atoms with E-state index in [2.05, 4.69) is 15.1 Å². The lowest BCUT2D eigenvalue weighted by molar-refractivity contribution is 0.0218. The number of amides is 1. The third kappa shape index (κ3) is 4.88. The van der Waals surface area contributed by atoms with Gasteiger partial charge in [0.05, 0.1) is 16.6 Å². The largest absolute Gasteiger partial charge is 0.444 e. The van der Waals surface area contributed by atoms with Gasteiger partial charge in [-0.2, -0.15) is 10.1 Å². The first-order valence-electron chi connectivity index (χ1n) is 11.9. The number of aromatic nitrogens is 5. The molecule has 0 unspecified atom stereocenters. The molecule has 1 atom stereocenters. The van der Waals surface area contributed by atoms with E-state index in [0.29, 0.717) is 42.3 Å². The van der Waals surface area contributed by atoms with E-state index in [-0.39, 0.29) is 28.4 Å². The van der Waals surface area contributed by atoms with Crippen LogP contribution in [0.25, 0.3) is 16.9 Å².